The quantitative estimate of drug-likeness (QED) is 0.332. The molecule has 1 rings (SSSR count). The number of ether oxygens (including phenoxy) is 1. The molecule has 0 aliphatic heterocycles. The van der Waals surface area contributed by atoms with Gasteiger partial charge in [0.05, 0.1) is 5.69 Å². The first-order chi connectivity index (χ1) is 12.5. The van der Waals surface area contributed by atoms with Gasteiger partial charge in [-0.1, -0.05) is 0 Å². The van der Waals surface area contributed by atoms with Gasteiger partial charge in [-0.25, -0.2) is 14.8 Å². The number of aryl methyl sites for hydroxylation is 2. The Morgan fingerprint density at radius 3 is 2.46 bits per heavy atom. The van der Waals surface area contributed by atoms with E-state index in [1.54, 1.807) is 11.9 Å². The zero-order valence-corrected chi connectivity index (χ0v) is 20.7. The molecule has 9 heteroatoms. The number of carbonyl (C=O) groups excluding carboxylic acids is 1. The molecule has 1 atom stereocenters. The van der Waals surface area contributed by atoms with Gasteiger partial charge in [0.1, 0.15) is 17.9 Å². The fourth-order valence-electron chi connectivity index (χ4n) is 2.20. The number of guanidine groups is 1. The molecule has 2 N–H and O–H groups in total. The van der Waals surface area contributed by atoms with Crippen LogP contribution in [-0.4, -0.2) is 53.7 Å². The van der Waals surface area contributed by atoms with E-state index in [0.717, 1.165) is 24.4 Å². The van der Waals surface area contributed by atoms with Crippen molar-refractivity contribution < 1.29 is 13.9 Å². The second-order valence-electron chi connectivity index (χ2n) is 7.60. The van der Waals surface area contributed by atoms with Crippen LogP contribution in [0.1, 0.15) is 58.4 Å². The van der Waals surface area contributed by atoms with Crippen LogP contribution < -0.4 is 10.6 Å². The summed E-state index contributed by atoms with van der Waals surface area (Å²) < 4.78 is 11.0. The van der Waals surface area contributed by atoms with E-state index >= 15 is 0 Å². The minimum atomic E-state index is -0.495. The van der Waals surface area contributed by atoms with E-state index in [0.29, 0.717) is 24.9 Å². The topological polar surface area (TPSA) is 92.0 Å². The van der Waals surface area contributed by atoms with E-state index in [-0.39, 0.29) is 36.1 Å². The molecular weight excluding hydrogens is 473 g/mol. The predicted molar refractivity (Wildman–Crippen MR) is 122 cm³/mol. The van der Waals surface area contributed by atoms with Gasteiger partial charge in [-0.3, -0.25) is 0 Å². The monoisotopic (exact) mass is 509 g/mol. The largest absolute Gasteiger partial charge is 0.444 e. The molecule has 0 aromatic carbocycles. The molecule has 1 aromatic heterocycles. The summed E-state index contributed by atoms with van der Waals surface area (Å²) in [7, 11) is 1.76. The number of hydrogen-bond donors (Lipinski definition) is 2. The van der Waals surface area contributed by atoms with E-state index in [2.05, 4.69) is 20.6 Å². The van der Waals surface area contributed by atoms with Gasteiger partial charge in [0, 0.05) is 26.2 Å². The van der Waals surface area contributed by atoms with E-state index in [1.807, 2.05) is 48.5 Å². The van der Waals surface area contributed by atoms with Crippen molar-refractivity contribution in [2.24, 2.45) is 4.99 Å². The van der Waals surface area contributed by atoms with Gasteiger partial charge in [0.25, 0.3) is 0 Å². The predicted octanol–water partition coefficient (Wildman–Crippen LogP) is 3.61. The lowest BCUT2D eigenvalue weighted by Crippen LogP contribution is -2.42. The lowest BCUT2D eigenvalue weighted by Gasteiger charge is -2.28. The number of halogens is 1. The number of hydrogen-bond acceptors (Lipinski definition) is 5. The molecule has 1 aromatic rings. The molecule has 0 aliphatic rings. The lowest BCUT2D eigenvalue weighted by atomic mass is 10.2. The Balaban J connectivity index is 0.00000729. The maximum absolute atomic E-state index is 12.1. The summed E-state index contributed by atoms with van der Waals surface area (Å²) in [5, 5.41) is 6.47. The van der Waals surface area contributed by atoms with Crippen LogP contribution in [0.3, 0.4) is 0 Å². The molecule has 8 nitrogen and oxygen atoms in total. The highest BCUT2D eigenvalue weighted by atomic mass is 127. The standard InChI is InChI=1S/C19H35N5O3.HI/c1-9-20-17(22-12-16-23-14(3)15(4)26-16)21-11-10-13(2)24(8)18(25)27-19(5,6)7;/h13H,9-12H2,1-8H3,(H2,20,21,22);1H. The van der Waals surface area contributed by atoms with Crippen LogP contribution in [0.5, 0.6) is 0 Å². The van der Waals surface area contributed by atoms with Crippen LogP contribution in [0, 0.1) is 13.8 Å². The van der Waals surface area contributed by atoms with Gasteiger partial charge in [-0.05, 0) is 54.9 Å². The molecule has 28 heavy (non-hydrogen) atoms. The van der Waals surface area contributed by atoms with Crippen molar-refractivity contribution in [2.45, 2.75) is 73.1 Å². The van der Waals surface area contributed by atoms with Crippen LogP contribution in [0.2, 0.25) is 0 Å². The molecule has 1 unspecified atom stereocenters. The summed E-state index contributed by atoms with van der Waals surface area (Å²) in [6, 6.07) is 0.0345. The summed E-state index contributed by atoms with van der Waals surface area (Å²) in [5.74, 6) is 2.11. The Hall–Kier alpha value is -1.52. The molecule has 1 amide bonds. The summed E-state index contributed by atoms with van der Waals surface area (Å²) in [6.07, 6.45) is 0.447. The number of nitrogens with zero attached hydrogens (tertiary/aromatic N) is 3. The Kier molecular flexibility index (Phi) is 11.5. The van der Waals surface area contributed by atoms with Crippen molar-refractivity contribution in [3.8, 4) is 0 Å². The van der Waals surface area contributed by atoms with Gasteiger partial charge < -0.3 is 24.7 Å². The highest BCUT2D eigenvalue weighted by molar-refractivity contribution is 14.0. The number of aromatic nitrogens is 1. The molecule has 1 heterocycles. The normalized spacial score (nSPS) is 12.8. The zero-order chi connectivity index (χ0) is 20.6. The molecule has 0 spiro atoms. The third-order valence-corrected chi connectivity index (χ3v) is 3.99. The first kappa shape index (κ1) is 26.5. The first-order valence-electron chi connectivity index (χ1n) is 9.44. The van der Waals surface area contributed by atoms with E-state index in [1.165, 1.54) is 0 Å². The highest BCUT2D eigenvalue weighted by Crippen LogP contribution is 2.12. The average molecular weight is 509 g/mol. The highest BCUT2D eigenvalue weighted by Gasteiger charge is 2.22. The fraction of sp³-hybridized carbons (Fsp3) is 0.737. The molecule has 0 saturated carbocycles. The summed E-state index contributed by atoms with van der Waals surface area (Å²) >= 11 is 0. The van der Waals surface area contributed by atoms with Gasteiger partial charge in [-0.2, -0.15) is 0 Å². The average Bonchev–Trinajstić information content (AvgIpc) is 2.88. The van der Waals surface area contributed by atoms with E-state index in [4.69, 9.17) is 9.15 Å². The van der Waals surface area contributed by atoms with Crippen LogP contribution in [0.15, 0.2) is 9.41 Å². The number of amides is 1. The number of aliphatic imine (C=N–C) groups is 1. The molecule has 0 fully saturated rings. The Morgan fingerprint density at radius 1 is 1.32 bits per heavy atom. The maximum atomic E-state index is 12.1. The minimum Gasteiger partial charge on any atom is -0.444 e. The molecule has 0 radical (unpaired) electrons. The Bertz CT molecular complexity index is 621. The second kappa shape index (κ2) is 12.1. The third kappa shape index (κ3) is 9.61. The van der Waals surface area contributed by atoms with Crippen LogP contribution in [-0.2, 0) is 11.3 Å². The van der Waals surface area contributed by atoms with E-state index < -0.39 is 5.60 Å². The van der Waals surface area contributed by atoms with E-state index in [9.17, 15) is 4.79 Å². The summed E-state index contributed by atoms with van der Waals surface area (Å²) in [4.78, 5) is 22.6. The number of rotatable bonds is 7. The maximum Gasteiger partial charge on any atom is 0.410 e. The van der Waals surface area contributed by atoms with Crippen molar-refractivity contribution >= 4 is 36.0 Å². The van der Waals surface area contributed by atoms with Crippen molar-refractivity contribution in [3.63, 3.8) is 0 Å². The van der Waals surface area contributed by atoms with Gasteiger partial charge >= 0.3 is 6.09 Å². The van der Waals surface area contributed by atoms with Crippen LogP contribution in [0.4, 0.5) is 4.79 Å². The third-order valence-electron chi connectivity index (χ3n) is 3.99. The van der Waals surface area contributed by atoms with Crippen LogP contribution >= 0.6 is 24.0 Å². The smallest absolute Gasteiger partial charge is 0.410 e. The van der Waals surface area contributed by atoms with Gasteiger partial charge in [-0.15, -0.1) is 24.0 Å². The SMILES string of the molecule is CCNC(=NCc1nc(C)c(C)o1)NCCC(C)N(C)C(=O)OC(C)(C)C.I. The molecule has 0 aliphatic carbocycles. The minimum absolute atomic E-state index is 0. The van der Waals surface area contributed by atoms with Gasteiger partial charge in [0.15, 0.2) is 5.96 Å². The molecule has 0 bridgehead atoms. The molecule has 162 valence electrons. The Labute approximate surface area is 185 Å². The fourth-order valence-corrected chi connectivity index (χ4v) is 2.20. The number of nitrogens with one attached hydrogen (secondary N) is 2. The Morgan fingerprint density at radius 2 is 1.96 bits per heavy atom. The lowest BCUT2D eigenvalue weighted by molar-refractivity contribution is 0.0230. The van der Waals surface area contributed by atoms with Crippen molar-refractivity contribution in [2.75, 3.05) is 20.1 Å². The van der Waals surface area contributed by atoms with Crippen molar-refractivity contribution in [3.05, 3.63) is 17.3 Å². The number of carbonyl (C=O) groups is 1. The summed E-state index contributed by atoms with van der Waals surface area (Å²) in [5.41, 5.74) is 0.391. The second-order valence-corrected chi connectivity index (χ2v) is 7.60. The summed E-state index contributed by atoms with van der Waals surface area (Å²) in [6.45, 7) is 15.2. The van der Waals surface area contributed by atoms with Crippen LogP contribution in [0.25, 0.3) is 0 Å². The first-order valence-corrected chi connectivity index (χ1v) is 9.44. The van der Waals surface area contributed by atoms with Crippen molar-refractivity contribution in [1.82, 2.24) is 20.5 Å². The van der Waals surface area contributed by atoms with Crippen molar-refractivity contribution in [1.29, 1.82) is 0 Å². The zero-order valence-electron chi connectivity index (χ0n) is 18.4. The molecule has 0 saturated heterocycles. The van der Waals surface area contributed by atoms with Gasteiger partial charge in [0.2, 0.25) is 5.89 Å². The number of oxazole rings is 1. The molecular formula is C19H36IN5O3.